The molecule has 0 aromatic heterocycles. The largest absolute Gasteiger partial charge is 0.462 e. The molecule has 56 heavy (non-hydrogen) atoms. The predicted molar refractivity (Wildman–Crippen MR) is 242 cm³/mol. The number of carbonyl (C=O) groups excluding carboxylic acids is 2. The van der Waals surface area contributed by atoms with E-state index in [4.69, 9.17) is 14.2 Å². The van der Waals surface area contributed by atoms with Crippen molar-refractivity contribution in [2.75, 3.05) is 19.8 Å². The lowest BCUT2D eigenvalue weighted by molar-refractivity contribution is -0.162. The standard InChI is InChI=1S/C51H84O5/c1-4-7-10-13-16-19-22-25-28-31-34-37-40-43-46-54-47-49(56-51(53)45-42-39-36-33-30-27-24-21-18-15-12-9-6-3)48-55-50(52)44-41-38-35-32-29-26-23-20-17-14-11-8-5-2/h8,10-13,15,17,19-22,24,26,29,35,38,49H,4-7,9,14,16,18,23,25,27-28,30-34,36-37,39-48H2,1-3H3/b11-8-,13-10-,15-12-,20-17-,22-19-,24-21-,29-26-,38-35-. The van der Waals surface area contributed by atoms with E-state index in [0.29, 0.717) is 25.9 Å². The van der Waals surface area contributed by atoms with Crippen molar-refractivity contribution in [3.05, 3.63) is 97.2 Å². The first-order valence-corrected chi connectivity index (χ1v) is 22.8. The molecule has 0 amide bonds. The van der Waals surface area contributed by atoms with Gasteiger partial charge in [-0.1, -0.05) is 176 Å². The molecule has 5 heteroatoms. The number of allylic oxidation sites excluding steroid dienone is 16. The van der Waals surface area contributed by atoms with Gasteiger partial charge in [-0.2, -0.15) is 0 Å². The molecule has 1 unspecified atom stereocenters. The molecular formula is C51H84O5. The van der Waals surface area contributed by atoms with E-state index in [9.17, 15) is 9.59 Å². The predicted octanol–water partition coefficient (Wildman–Crippen LogP) is 15.1. The Kier molecular flexibility index (Phi) is 43.6. The molecule has 0 saturated carbocycles. The maximum Gasteiger partial charge on any atom is 0.306 e. The SMILES string of the molecule is CC/C=C\C/C=C\C/C=C\C/C=C\CCC(=O)OCC(COCCCCCCCC/C=C\C/C=C\CCC)OC(=O)CCCCCCC/C=C\C/C=C\CCC. The summed E-state index contributed by atoms with van der Waals surface area (Å²) in [5.41, 5.74) is 0. The molecule has 0 aromatic rings. The number of hydrogen-bond acceptors (Lipinski definition) is 5. The Hall–Kier alpha value is -3.18. The third-order valence-corrected chi connectivity index (χ3v) is 9.05. The lowest BCUT2D eigenvalue weighted by atomic mass is 10.1. The first-order valence-electron chi connectivity index (χ1n) is 22.8. The molecular weight excluding hydrogens is 693 g/mol. The lowest BCUT2D eigenvalue weighted by Gasteiger charge is -2.18. The molecule has 0 radical (unpaired) electrons. The molecule has 0 fully saturated rings. The second-order valence-electron chi connectivity index (χ2n) is 14.6. The van der Waals surface area contributed by atoms with Crippen LogP contribution in [0.4, 0.5) is 0 Å². The van der Waals surface area contributed by atoms with Crippen LogP contribution in [-0.2, 0) is 23.8 Å². The van der Waals surface area contributed by atoms with Crippen molar-refractivity contribution in [3.8, 4) is 0 Å². The van der Waals surface area contributed by atoms with Gasteiger partial charge in [-0.25, -0.2) is 0 Å². The Morgan fingerprint density at radius 1 is 0.411 bits per heavy atom. The molecule has 318 valence electrons. The Bertz CT molecular complexity index is 1110. The molecule has 0 spiro atoms. The molecule has 0 aromatic carbocycles. The molecule has 0 N–H and O–H groups in total. The summed E-state index contributed by atoms with van der Waals surface area (Å²) in [6.07, 6.45) is 61.3. The Morgan fingerprint density at radius 3 is 1.36 bits per heavy atom. The van der Waals surface area contributed by atoms with Crippen molar-refractivity contribution in [2.45, 2.75) is 194 Å². The Labute approximate surface area is 345 Å². The van der Waals surface area contributed by atoms with Crippen molar-refractivity contribution >= 4 is 11.9 Å². The van der Waals surface area contributed by atoms with Crippen molar-refractivity contribution in [2.24, 2.45) is 0 Å². The third kappa shape index (κ3) is 43.5. The molecule has 0 aliphatic heterocycles. The third-order valence-electron chi connectivity index (χ3n) is 9.05. The van der Waals surface area contributed by atoms with E-state index in [1.54, 1.807) is 0 Å². The van der Waals surface area contributed by atoms with Crippen LogP contribution < -0.4 is 0 Å². The van der Waals surface area contributed by atoms with Gasteiger partial charge in [-0.05, 0) is 96.3 Å². The zero-order valence-electron chi connectivity index (χ0n) is 36.4. The van der Waals surface area contributed by atoms with Gasteiger partial charge in [-0.3, -0.25) is 9.59 Å². The van der Waals surface area contributed by atoms with Gasteiger partial charge >= 0.3 is 11.9 Å². The normalized spacial score (nSPS) is 13.1. The molecule has 5 nitrogen and oxygen atoms in total. The monoisotopic (exact) mass is 777 g/mol. The van der Waals surface area contributed by atoms with Gasteiger partial charge in [0.2, 0.25) is 0 Å². The van der Waals surface area contributed by atoms with Gasteiger partial charge in [0, 0.05) is 19.4 Å². The minimum Gasteiger partial charge on any atom is -0.462 e. The highest BCUT2D eigenvalue weighted by molar-refractivity contribution is 5.70. The van der Waals surface area contributed by atoms with Gasteiger partial charge in [0.15, 0.2) is 6.10 Å². The Morgan fingerprint density at radius 2 is 0.839 bits per heavy atom. The van der Waals surface area contributed by atoms with E-state index in [0.717, 1.165) is 89.9 Å². The average Bonchev–Trinajstić information content (AvgIpc) is 3.20. The molecule has 0 aliphatic carbocycles. The van der Waals surface area contributed by atoms with Crippen LogP contribution in [0.2, 0.25) is 0 Å². The van der Waals surface area contributed by atoms with Crippen LogP contribution >= 0.6 is 0 Å². The number of carbonyl (C=O) groups is 2. The highest BCUT2D eigenvalue weighted by Crippen LogP contribution is 2.11. The summed E-state index contributed by atoms with van der Waals surface area (Å²) in [5.74, 6) is -0.521. The van der Waals surface area contributed by atoms with Crippen molar-refractivity contribution in [1.29, 1.82) is 0 Å². The van der Waals surface area contributed by atoms with Gasteiger partial charge in [0.05, 0.1) is 6.61 Å². The highest BCUT2D eigenvalue weighted by atomic mass is 16.6. The fourth-order valence-corrected chi connectivity index (χ4v) is 5.71. The maximum absolute atomic E-state index is 12.7. The van der Waals surface area contributed by atoms with Crippen LogP contribution in [0.25, 0.3) is 0 Å². The second kappa shape index (κ2) is 46.2. The minimum absolute atomic E-state index is 0.0319. The molecule has 0 rings (SSSR count). The smallest absolute Gasteiger partial charge is 0.306 e. The van der Waals surface area contributed by atoms with Crippen LogP contribution in [0.1, 0.15) is 188 Å². The molecule has 0 saturated heterocycles. The summed E-state index contributed by atoms with van der Waals surface area (Å²) in [7, 11) is 0. The van der Waals surface area contributed by atoms with Gasteiger partial charge < -0.3 is 14.2 Å². The zero-order chi connectivity index (χ0) is 40.7. The zero-order valence-corrected chi connectivity index (χ0v) is 36.4. The van der Waals surface area contributed by atoms with E-state index in [1.807, 2.05) is 6.08 Å². The fraction of sp³-hybridized carbons (Fsp3) is 0.647. The summed E-state index contributed by atoms with van der Waals surface area (Å²) >= 11 is 0. The van der Waals surface area contributed by atoms with E-state index in [-0.39, 0.29) is 25.2 Å². The van der Waals surface area contributed by atoms with Crippen molar-refractivity contribution in [1.82, 2.24) is 0 Å². The average molecular weight is 777 g/mol. The van der Waals surface area contributed by atoms with Crippen LogP contribution in [-0.4, -0.2) is 37.9 Å². The number of hydrogen-bond donors (Lipinski definition) is 0. The van der Waals surface area contributed by atoms with Crippen molar-refractivity contribution in [3.63, 3.8) is 0 Å². The highest BCUT2D eigenvalue weighted by Gasteiger charge is 2.17. The van der Waals surface area contributed by atoms with E-state index in [2.05, 4.69) is 112 Å². The van der Waals surface area contributed by atoms with Crippen LogP contribution in [0, 0.1) is 0 Å². The van der Waals surface area contributed by atoms with Gasteiger partial charge in [0.1, 0.15) is 6.61 Å². The van der Waals surface area contributed by atoms with Gasteiger partial charge in [0.25, 0.3) is 0 Å². The maximum atomic E-state index is 12.7. The summed E-state index contributed by atoms with van der Waals surface area (Å²) in [6, 6.07) is 0. The Balaban J connectivity index is 4.42. The van der Waals surface area contributed by atoms with Crippen molar-refractivity contribution < 1.29 is 23.8 Å². The number of esters is 2. The topological polar surface area (TPSA) is 61.8 Å². The van der Waals surface area contributed by atoms with E-state index < -0.39 is 6.10 Å². The van der Waals surface area contributed by atoms with E-state index in [1.165, 1.54) is 57.8 Å². The second-order valence-corrected chi connectivity index (χ2v) is 14.6. The number of unbranched alkanes of at least 4 members (excludes halogenated alkanes) is 13. The van der Waals surface area contributed by atoms with E-state index >= 15 is 0 Å². The van der Waals surface area contributed by atoms with Crippen LogP contribution in [0.5, 0.6) is 0 Å². The molecule has 0 heterocycles. The number of ether oxygens (including phenoxy) is 3. The quantitative estimate of drug-likeness (QED) is 0.0352. The first kappa shape index (κ1) is 52.8. The molecule has 1 atom stereocenters. The summed E-state index contributed by atoms with van der Waals surface area (Å²) in [6.45, 7) is 7.45. The number of rotatable bonds is 40. The summed E-state index contributed by atoms with van der Waals surface area (Å²) in [5, 5.41) is 0. The first-order chi connectivity index (χ1) is 27.6. The molecule has 0 bridgehead atoms. The lowest BCUT2D eigenvalue weighted by Crippen LogP contribution is -2.30. The summed E-state index contributed by atoms with van der Waals surface area (Å²) < 4.78 is 17.2. The molecule has 0 aliphatic rings. The van der Waals surface area contributed by atoms with Crippen LogP contribution in [0.3, 0.4) is 0 Å². The minimum atomic E-state index is -0.581. The van der Waals surface area contributed by atoms with Crippen LogP contribution in [0.15, 0.2) is 97.2 Å². The fourth-order valence-electron chi connectivity index (χ4n) is 5.71. The summed E-state index contributed by atoms with van der Waals surface area (Å²) in [4.78, 5) is 25.2. The van der Waals surface area contributed by atoms with Gasteiger partial charge in [-0.15, -0.1) is 0 Å².